The minimum absolute atomic E-state index is 0.0197. The Hall–Kier alpha value is -2.32. The lowest BCUT2D eigenvalue weighted by Gasteiger charge is -2.24. The Bertz CT molecular complexity index is 683. The van der Waals surface area contributed by atoms with Gasteiger partial charge < -0.3 is 4.90 Å². The number of alkyl halides is 3. The van der Waals surface area contributed by atoms with Gasteiger partial charge in [-0.3, -0.25) is 10.4 Å². The van der Waals surface area contributed by atoms with Gasteiger partial charge in [-0.05, 0) is 42.7 Å². The number of hydrogen-bond donors (Lipinski definition) is 2. The number of nitrogens with zero attached hydrogens (tertiary/aromatic N) is 3. The smallest absolute Gasteiger partial charge is 0.349 e. The number of hydrogen-bond acceptors (Lipinski definition) is 5. The molecule has 0 unspecified atom stereocenters. The molecule has 8 heteroatoms. The van der Waals surface area contributed by atoms with Gasteiger partial charge in [-0.2, -0.15) is 13.2 Å². The summed E-state index contributed by atoms with van der Waals surface area (Å²) in [6.45, 7) is 0.442. The van der Waals surface area contributed by atoms with Crippen LogP contribution in [-0.2, 0) is 12.7 Å². The van der Waals surface area contributed by atoms with E-state index in [0.717, 1.165) is 30.5 Å². The maximum absolute atomic E-state index is 12.6. The average molecular weight is 339 g/mol. The van der Waals surface area contributed by atoms with E-state index >= 15 is 0 Å². The molecule has 0 saturated heterocycles. The molecule has 1 heterocycles. The zero-order chi connectivity index (χ0) is 17.3. The first-order valence-electron chi connectivity index (χ1n) is 7.41. The first kappa shape index (κ1) is 16.5. The van der Waals surface area contributed by atoms with Crippen LogP contribution in [-0.4, -0.2) is 21.4 Å². The summed E-state index contributed by atoms with van der Waals surface area (Å²) in [6.07, 6.45) is -1.03. The van der Waals surface area contributed by atoms with Crippen LogP contribution in [0.1, 0.15) is 24.0 Å². The van der Waals surface area contributed by atoms with Crippen LogP contribution in [0.5, 0.6) is 0 Å². The molecule has 1 aromatic carbocycles. The van der Waals surface area contributed by atoms with Crippen LogP contribution in [0.4, 0.5) is 24.7 Å². The maximum atomic E-state index is 12.6. The largest absolute Gasteiger partial charge is 0.416 e. The van der Waals surface area contributed by atoms with Crippen LogP contribution in [0.25, 0.3) is 0 Å². The predicted octanol–water partition coefficient (Wildman–Crippen LogP) is 3.85. The summed E-state index contributed by atoms with van der Waals surface area (Å²) in [5.41, 5.74) is 0.216. The van der Waals surface area contributed by atoms with Gasteiger partial charge in [0.25, 0.3) is 0 Å². The van der Waals surface area contributed by atoms with Crippen LogP contribution in [0.15, 0.2) is 42.6 Å². The summed E-state index contributed by atoms with van der Waals surface area (Å²) in [7, 11) is 0. The third kappa shape index (κ3) is 3.77. The lowest BCUT2D eigenvalue weighted by molar-refractivity contribution is -0.137. The van der Waals surface area contributed by atoms with Gasteiger partial charge in [-0.1, -0.05) is 12.1 Å². The van der Waals surface area contributed by atoms with Crippen molar-refractivity contribution in [3.8, 4) is 0 Å². The van der Waals surface area contributed by atoms with Crippen molar-refractivity contribution in [1.29, 1.82) is 0 Å². The molecule has 0 radical (unpaired) electrons. The summed E-state index contributed by atoms with van der Waals surface area (Å²) in [6, 6.07) is 8.54. The summed E-state index contributed by atoms with van der Waals surface area (Å²) < 4.78 is 37.9. The number of aromatic nitrogens is 1. The molecule has 0 atom stereocenters. The number of halogens is 3. The quantitative estimate of drug-likeness (QED) is 0.810. The van der Waals surface area contributed by atoms with E-state index in [1.54, 1.807) is 6.07 Å². The van der Waals surface area contributed by atoms with E-state index in [9.17, 15) is 13.2 Å². The number of rotatable bonds is 5. The number of pyridine rings is 1. The Balaban J connectivity index is 1.77. The molecule has 1 aliphatic rings. The molecule has 0 spiro atoms. The molecular weight excluding hydrogens is 323 g/mol. The van der Waals surface area contributed by atoms with Crippen LogP contribution in [0.3, 0.4) is 0 Å². The van der Waals surface area contributed by atoms with Crippen molar-refractivity contribution < 1.29 is 23.6 Å². The third-order valence-corrected chi connectivity index (χ3v) is 3.88. The number of anilines is 2. The fraction of sp³-hybridized carbons (Fsp3) is 0.312. The molecule has 5 nitrogen and oxygen atoms in total. The van der Waals surface area contributed by atoms with Crippen LogP contribution in [0.2, 0.25) is 0 Å². The van der Waals surface area contributed by atoms with Crippen molar-refractivity contribution in [2.75, 3.05) is 10.1 Å². The van der Waals surface area contributed by atoms with Gasteiger partial charge in [0.2, 0.25) is 0 Å². The van der Waals surface area contributed by atoms with E-state index in [1.165, 1.54) is 24.4 Å². The lowest BCUT2D eigenvalue weighted by atomic mass is 10.1. The van der Waals surface area contributed by atoms with Gasteiger partial charge in [-0.25, -0.2) is 4.98 Å². The summed E-state index contributed by atoms with van der Waals surface area (Å²) in [4.78, 5) is 6.20. The zero-order valence-corrected chi connectivity index (χ0v) is 12.6. The molecule has 3 rings (SSSR count). The van der Waals surface area contributed by atoms with Crippen molar-refractivity contribution in [3.05, 3.63) is 53.7 Å². The molecule has 24 heavy (non-hydrogen) atoms. The van der Waals surface area contributed by atoms with E-state index in [1.807, 2.05) is 4.90 Å². The van der Waals surface area contributed by atoms with E-state index in [4.69, 9.17) is 10.4 Å². The number of benzene rings is 1. The Morgan fingerprint density at radius 1 is 1.04 bits per heavy atom. The molecule has 1 saturated carbocycles. The second kappa shape index (κ2) is 6.29. The van der Waals surface area contributed by atoms with Crippen LogP contribution >= 0.6 is 0 Å². The highest BCUT2D eigenvalue weighted by atomic mass is 19.4. The second-order valence-corrected chi connectivity index (χ2v) is 5.72. The van der Waals surface area contributed by atoms with Gasteiger partial charge in [0.1, 0.15) is 11.5 Å². The molecule has 0 amide bonds. The second-order valence-electron chi connectivity index (χ2n) is 5.72. The minimum Gasteiger partial charge on any atom is -0.349 e. The van der Waals surface area contributed by atoms with Gasteiger partial charge in [0.15, 0.2) is 0 Å². The third-order valence-electron chi connectivity index (χ3n) is 3.88. The maximum Gasteiger partial charge on any atom is 0.416 e. The monoisotopic (exact) mass is 339 g/mol. The molecule has 1 aromatic heterocycles. The first-order chi connectivity index (χ1) is 11.3. The van der Waals surface area contributed by atoms with Crippen molar-refractivity contribution in [2.45, 2.75) is 31.6 Å². The molecule has 2 aromatic rings. The van der Waals surface area contributed by atoms with Crippen molar-refractivity contribution >= 4 is 11.5 Å². The van der Waals surface area contributed by atoms with Gasteiger partial charge >= 0.3 is 6.18 Å². The highest BCUT2D eigenvalue weighted by Crippen LogP contribution is 2.33. The van der Waals surface area contributed by atoms with Crippen LogP contribution in [0, 0.1) is 0 Å². The highest BCUT2D eigenvalue weighted by Gasteiger charge is 2.32. The average Bonchev–Trinajstić information content (AvgIpc) is 3.37. The van der Waals surface area contributed by atoms with Crippen LogP contribution < -0.4 is 10.1 Å². The highest BCUT2D eigenvalue weighted by molar-refractivity contribution is 5.49. The predicted molar refractivity (Wildman–Crippen MR) is 80.9 cm³/mol. The molecule has 1 fully saturated rings. The zero-order valence-electron chi connectivity index (χ0n) is 12.6. The van der Waals surface area contributed by atoms with Gasteiger partial charge in [0, 0.05) is 12.6 Å². The fourth-order valence-electron chi connectivity index (χ4n) is 2.45. The van der Waals surface area contributed by atoms with Gasteiger partial charge in [-0.15, -0.1) is 5.23 Å². The van der Waals surface area contributed by atoms with E-state index in [2.05, 4.69) is 4.98 Å². The summed E-state index contributed by atoms with van der Waals surface area (Å²) in [5.74, 6) is 0.642. The van der Waals surface area contributed by atoms with E-state index < -0.39 is 11.7 Å². The van der Waals surface area contributed by atoms with E-state index in [0.29, 0.717) is 18.4 Å². The SMILES string of the molecule is ON(O)c1ccc(N(Cc2ccc(C(F)(F)F)cc2)C2CC2)nc1. The standard InChI is InChI=1S/C16H16F3N3O2/c17-16(18,19)12-3-1-11(2-4-12)10-21(13-5-6-13)15-8-7-14(9-20-15)22(23)24/h1-4,7-9,13,23-24H,5-6,10H2. The van der Waals surface area contributed by atoms with Crippen molar-refractivity contribution in [2.24, 2.45) is 0 Å². The molecule has 128 valence electrons. The molecular formula is C16H16F3N3O2. The normalized spacial score (nSPS) is 14.5. The summed E-state index contributed by atoms with van der Waals surface area (Å²) in [5, 5.41) is 17.9. The fourth-order valence-corrected chi connectivity index (χ4v) is 2.45. The Kier molecular flexibility index (Phi) is 4.33. The van der Waals surface area contributed by atoms with E-state index in [-0.39, 0.29) is 10.9 Å². The topological polar surface area (TPSA) is 59.8 Å². The van der Waals surface area contributed by atoms with Crippen molar-refractivity contribution in [1.82, 2.24) is 4.98 Å². The lowest BCUT2D eigenvalue weighted by Crippen LogP contribution is -2.26. The molecule has 0 bridgehead atoms. The molecule has 0 aliphatic heterocycles. The Labute approximate surface area is 136 Å². The Morgan fingerprint density at radius 3 is 2.17 bits per heavy atom. The summed E-state index contributed by atoms with van der Waals surface area (Å²) >= 11 is 0. The van der Waals surface area contributed by atoms with Crippen molar-refractivity contribution in [3.63, 3.8) is 0 Å². The van der Waals surface area contributed by atoms with Gasteiger partial charge in [0.05, 0.1) is 11.8 Å². The Morgan fingerprint density at radius 2 is 1.71 bits per heavy atom. The molecule has 1 aliphatic carbocycles. The first-order valence-corrected chi connectivity index (χ1v) is 7.41. The molecule has 2 N–H and O–H groups in total. The minimum atomic E-state index is -4.34.